The Morgan fingerprint density at radius 1 is 0.491 bits per heavy atom. The van der Waals surface area contributed by atoms with E-state index in [-0.39, 0.29) is 44.5 Å². The van der Waals surface area contributed by atoms with Crippen molar-refractivity contribution in [3.8, 4) is 5.75 Å². The van der Waals surface area contributed by atoms with Crippen LogP contribution in [0.25, 0.3) is 0 Å². The molecule has 14 nitrogen and oxygen atoms in total. The van der Waals surface area contributed by atoms with Gasteiger partial charge in [0, 0.05) is 0 Å². The van der Waals surface area contributed by atoms with Crippen molar-refractivity contribution in [2.75, 3.05) is 11.5 Å². The molecule has 24 heteroatoms. The minimum absolute atomic E-state index is 0.0146. The lowest BCUT2D eigenvalue weighted by molar-refractivity contribution is -0.264. The molecule has 0 aliphatic heterocycles. The normalized spacial score (nSPS) is 21.5. The highest BCUT2D eigenvalue weighted by molar-refractivity contribution is 7.97. The van der Waals surface area contributed by atoms with Gasteiger partial charge in [0.25, 0.3) is 0 Å². The van der Waals surface area contributed by atoms with Crippen molar-refractivity contribution in [2.45, 2.75) is 205 Å². The predicted molar refractivity (Wildman–Crippen MR) is 432 cm³/mol. The average Bonchev–Trinajstić information content (AvgIpc) is 0.750. The number of hydrogen-bond acceptors (Lipinski definition) is 14. The molecule has 8 aliphatic rings. The molecule has 8 fully saturated rings. The van der Waals surface area contributed by atoms with Crippen LogP contribution in [0.2, 0.25) is 0 Å². The zero-order chi connectivity index (χ0) is 83.5. The van der Waals surface area contributed by atoms with E-state index in [1.54, 1.807) is 43.4 Å². The first-order valence-corrected chi connectivity index (χ1v) is 43.9. The Bertz CT molecular complexity index is 4200. The Hall–Kier alpha value is -8.39. The number of rotatable bonds is 21. The van der Waals surface area contributed by atoms with Crippen LogP contribution < -0.4 is 5.43 Å². The molecule has 0 radical (unpaired) electrons. The van der Waals surface area contributed by atoms with E-state index in [9.17, 15) is 76.3 Å². The summed E-state index contributed by atoms with van der Waals surface area (Å²) < 4.78 is 152. The van der Waals surface area contributed by atoms with Gasteiger partial charge in [-0.1, -0.05) is 164 Å². The molecule has 0 spiro atoms. The summed E-state index contributed by atoms with van der Waals surface area (Å²) in [5.41, 5.74) is -3.45. The van der Waals surface area contributed by atoms with Crippen molar-refractivity contribution in [1.29, 1.82) is 0 Å². The monoisotopic (exact) mass is 1650 g/mol. The molecular formula is C90H104F6O14S4. The smallest absolute Gasteiger partial charge is 0.429 e. The zero-order valence-electron chi connectivity index (χ0n) is 65.4. The standard InChI is InChI=1S/2C18H15S.C15H21F3O5S.C14H19F3O5S.C9H14O.C9H16O.C7H6O2/c2*1-4-10-16(11-5-1)19(17-12-6-2-7-13-17)18-14-8-3-9-15-18;1-13(15(16,17)18,8-24(20,21)22)23-12(19)14-5-9-2-10(6-14)4-11(3-9)7-14;15-14(16,17)11(7-23(19,20)21)22-12(18)13-4-8-1-9(5-13)3-10(2-8)6-13;1-7(2)5-9(10)6-8(3)4;1-3-4-5-6-7-8-9(2)10;8-6-4-2-1-3-5-7(6)9/h2*1-15H;9-11H,2-8H2,1H3,(H,20,21,22);8-11H,1-7H2,(H,19,20,21);5-6H,1-4H3;7-8H,3-6H2,1-2H3;1-5H,(H,8,9)/q2*+1;;;;;/p-2/b;;;;;8-7+;. The van der Waals surface area contributed by atoms with Gasteiger partial charge < -0.3 is 23.7 Å². The first-order chi connectivity index (χ1) is 53.8. The first-order valence-electron chi connectivity index (χ1n) is 38.3. The number of carbonyl (C=O) groups is 4. The second-order valence-corrected chi connectivity index (χ2v) is 37.8. The fourth-order valence-electron chi connectivity index (χ4n) is 16.2. The quantitative estimate of drug-likeness (QED) is 0.0176. The minimum atomic E-state index is -5.21. The number of aromatic hydroxyl groups is 1. The molecule has 0 amide bonds. The number of unbranched alkanes of at least 4 members (excludes halogenated alkanes) is 3. The number of halogens is 6. The molecule has 2 atom stereocenters. The van der Waals surface area contributed by atoms with Crippen LogP contribution in [0.3, 0.4) is 0 Å². The van der Waals surface area contributed by atoms with Gasteiger partial charge >= 0.3 is 24.3 Å². The van der Waals surface area contributed by atoms with E-state index in [1.165, 1.54) is 60.8 Å². The van der Waals surface area contributed by atoms with Gasteiger partial charge in [-0.15, -0.1) is 0 Å². The molecule has 15 rings (SSSR count). The van der Waals surface area contributed by atoms with E-state index in [4.69, 9.17) is 9.84 Å². The Labute approximate surface area is 673 Å². The molecule has 0 aromatic heterocycles. The zero-order valence-corrected chi connectivity index (χ0v) is 68.7. The third-order valence-corrected chi connectivity index (χ3v) is 26.4. The SMILES string of the molecule is CC(C)=CC(=O)C=C(C)C.CC(CS(=O)(=O)[O-])(OC(=O)C12CC3CC(CC(C3)C1)C2)C(F)(F)F.CCCCC/C=C/C(C)=O.O=C(OC(CS(=O)(=O)[O-])C(F)(F)F)C12CC3CC(CC(C3)C1)C2.O=c1cccccc1O.c1ccc([S+](c2ccccc2)c2ccccc2)cc1.c1ccc([S+](c2ccccc2)c2ccccc2)cc1. The molecule has 114 heavy (non-hydrogen) atoms. The number of ether oxygens (including phenoxy) is 2. The average molecular weight is 1650 g/mol. The van der Waals surface area contributed by atoms with Gasteiger partial charge in [0.05, 0.1) is 64.4 Å². The van der Waals surface area contributed by atoms with Crippen molar-refractivity contribution in [3.63, 3.8) is 0 Å². The number of ketones is 2. The van der Waals surface area contributed by atoms with Gasteiger partial charge in [-0.05, 0) is 270 Å². The van der Waals surface area contributed by atoms with Crippen LogP contribution in [-0.2, 0) is 70.7 Å². The molecule has 7 aromatic carbocycles. The maximum absolute atomic E-state index is 13.3. The number of hydrogen-bond donors (Lipinski definition) is 1. The molecule has 614 valence electrons. The van der Waals surface area contributed by atoms with Gasteiger partial charge in [0.1, 0.15) is 0 Å². The second-order valence-electron chi connectivity index (χ2n) is 30.9. The van der Waals surface area contributed by atoms with Gasteiger partial charge in [-0.25, -0.2) is 16.8 Å². The molecule has 1 N–H and O–H groups in total. The Morgan fingerprint density at radius 2 is 0.798 bits per heavy atom. The lowest BCUT2D eigenvalue weighted by Gasteiger charge is -2.55. The number of esters is 2. The van der Waals surface area contributed by atoms with Crippen LogP contribution in [-0.4, -0.2) is 90.1 Å². The van der Waals surface area contributed by atoms with Gasteiger partial charge in [-0.3, -0.25) is 24.0 Å². The van der Waals surface area contributed by atoms with Crippen LogP contribution in [0.4, 0.5) is 26.3 Å². The highest BCUT2D eigenvalue weighted by Gasteiger charge is 2.62. The van der Waals surface area contributed by atoms with Crippen LogP contribution >= 0.6 is 0 Å². The Kier molecular flexibility index (Phi) is 35.0. The number of alkyl halides is 6. The second kappa shape index (κ2) is 43.0. The third-order valence-electron chi connectivity index (χ3n) is 20.3. The molecule has 0 saturated heterocycles. The van der Waals surface area contributed by atoms with Crippen LogP contribution in [0.15, 0.2) is 282 Å². The van der Waals surface area contributed by atoms with E-state index < -0.39 is 78.6 Å². The largest absolute Gasteiger partial charge is 0.748 e. The predicted octanol–water partition coefficient (Wildman–Crippen LogP) is 20.4. The minimum Gasteiger partial charge on any atom is -0.748 e. The highest BCUT2D eigenvalue weighted by Crippen LogP contribution is 2.62. The van der Waals surface area contributed by atoms with Crippen LogP contribution in [0.1, 0.15) is 151 Å². The number of benzene rings is 6. The summed E-state index contributed by atoms with van der Waals surface area (Å²) >= 11 is 0. The molecule has 8 saturated carbocycles. The maximum atomic E-state index is 13.3. The fraction of sp³-hybridized carbons (Fsp3) is 0.411. The fourth-order valence-corrected chi connectivity index (χ4v) is 22.0. The summed E-state index contributed by atoms with van der Waals surface area (Å²) in [4.78, 5) is 65.1. The van der Waals surface area contributed by atoms with Crippen molar-refractivity contribution in [2.24, 2.45) is 46.3 Å². The Balaban J connectivity index is 0.000000190. The summed E-state index contributed by atoms with van der Waals surface area (Å²) in [7, 11) is -10.4. The third kappa shape index (κ3) is 29.7. The first kappa shape index (κ1) is 92.8. The lowest BCUT2D eigenvalue weighted by Crippen LogP contribution is -2.56. The summed E-state index contributed by atoms with van der Waals surface area (Å²) in [6, 6.07) is 71.9. The van der Waals surface area contributed by atoms with Crippen molar-refractivity contribution >= 4 is 65.5 Å². The molecule has 0 heterocycles. The highest BCUT2D eigenvalue weighted by atomic mass is 32.2. The number of carbonyl (C=O) groups excluding carboxylic acids is 4. The molecule has 8 aliphatic carbocycles. The van der Waals surface area contributed by atoms with E-state index in [0.29, 0.717) is 81.0 Å². The van der Waals surface area contributed by atoms with E-state index in [1.807, 2.05) is 33.8 Å². The summed E-state index contributed by atoms with van der Waals surface area (Å²) in [5, 5.41) is 8.77. The van der Waals surface area contributed by atoms with Crippen molar-refractivity contribution < 1.29 is 86.0 Å². The Morgan fingerprint density at radius 3 is 1.07 bits per heavy atom. The van der Waals surface area contributed by atoms with Crippen LogP contribution in [0.5, 0.6) is 5.75 Å². The summed E-state index contributed by atoms with van der Waals surface area (Å²) in [6.07, 6.45) is 7.56. The van der Waals surface area contributed by atoms with Crippen LogP contribution in [0, 0.1) is 46.3 Å². The lowest BCUT2D eigenvalue weighted by atomic mass is 9.49. The van der Waals surface area contributed by atoms with Crippen molar-refractivity contribution in [1.82, 2.24) is 0 Å². The molecule has 2 unspecified atom stereocenters. The van der Waals surface area contributed by atoms with E-state index in [0.717, 1.165) is 56.1 Å². The van der Waals surface area contributed by atoms with E-state index >= 15 is 0 Å². The van der Waals surface area contributed by atoms with E-state index in [2.05, 4.69) is 194 Å². The summed E-state index contributed by atoms with van der Waals surface area (Å²) in [6.45, 7) is 11.9. The van der Waals surface area contributed by atoms with Gasteiger partial charge in [-0.2, -0.15) is 26.3 Å². The molecule has 8 bridgehead atoms. The molecule has 7 aromatic rings. The molecular weight excluding hydrogens is 1550 g/mol. The van der Waals surface area contributed by atoms with Crippen molar-refractivity contribution in [3.05, 3.63) is 258 Å². The van der Waals surface area contributed by atoms with Gasteiger partial charge in [0.2, 0.25) is 17.1 Å². The number of allylic oxidation sites excluding steroid dienone is 6. The topological polar surface area (TPSA) is 238 Å². The maximum Gasteiger partial charge on any atom is 0.429 e. The summed E-state index contributed by atoms with van der Waals surface area (Å²) in [5.74, 6) is -3.55. The van der Waals surface area contributed by atoms with Gasteiger partial charge in [0.15, 0.2) is 46.7 Å².